The van der Waals surface area contributed by atoms with Gasteiger partial charge >= 0.3 is 0 Å². The Hall–Kier alpha value is -0.760. The zero-order chi connectivity index (χ0) is 7.52. The minimum atomic E-state index is 0.838. The highest BCUT2D eigenvalue weighted by Gasteiger charge is 2.19. The van der Waals surface area contributed by atoms with Gasteiger partial charge in [-0.05, 0) is 25.0 Å². The van der Waals surface area contributed by atoms with Gasteiger partial charge in [0.05, 0.1) is 0 Å². The summed E-state index contributed by atoms with van der Waals surface area (Å²) in [5.41, 5.74) is 0. The molecular formula is C9H14N2. The molecule has 0 unspecified atom stereocenters. The molecule has 0 aromatic carbocycles. The van der Waals surface area contributed by atoms with E-state index in [-0.39, 0.29) is 0 Å². The van der Waals surface area contributed by atoms with Gasteiger partial charge in [-0.3, -0.25) is 0 Å². The van der Waals surface area contributed by atoms with E-state index in [0.29, 0.717) is 0 Å². The molecule has 60 valence electrons. The summed E-state index contributed by atoms with van der Waals surface area (Å²) in [6.07, 6.45) is 6.97. The fraction of sp³-hybridized carbons (Fsp3) is 0.556. The molecule has 1 aromatic heterocycles. The highest BCUT2D eigenvalue weighted by Crippen LogP contribution is 2.17. The van der Waals surface area contributed by atoms with E-state index < -0.39 is 0 Å². The minimum absolute atomic E-state index is 0.838. The summed E-state index contributed by atoms with van der Waals surface area (Å²) >= 11 is 0. The normalized spacial score (nSPS) is 17.1. The van der Waals surface area contributed by atoms with Crippen LogP contribution in [0.25, 0.3) is 0 Å². The van der Waals surface area contributed by atoms with Crippen LogP contribution in [0.4, 0.5) is 0 Å². The van der Waals surface area contributed by atoms with E-state index >= 15 is 0 Å². The van der Waals surface area contributed by atoms with Gasteiger partial charge in [0, 0.05) is 31.5 Å². The second-order valence-corrected chi connectivity index (χ2v) is 3.15. The average molecular weight is 150 g/mol. The van der Waals surface area contributed by atoms with Gasteiger partial charge in [-0.25, -0.2) is 0 Å². The zero-order valence-electron chi connectivity index (χ0n) is 6.66. The fourth-order valence-corrected chi connectivity index (χ4v) is 1.20. The third-order valence-electron chi connectivity index (χ3n) is 2.05. The van der Waals surface area contributed by atoms with Gasteiger partial charge in [0.1, 0.15) is 0 Å². The third-order valence-corrected chi connectivity index (χ3v) is 2.05. The Morgan fingerprint density at radius 1 is 1.27 bits per heavy atom. The van der Waals surface area contributed by atoms with Crippen molar-refractivity contribution in [1.29, 1.82) is 0 Å². The van der Waals surface area contributed by atoms with E-state index in [1.807, 2.05) is 0 Å². The zero-order valence-corrected chi connectivity index (χ0v) is 6.66. The maximum absolute atomic E-state index is 3.47. The second kappa shape index (κ2) is 3.09. The summed E-state index contributed by atoms with van der Waals surface area (Å²) in [4.78, 5) is 0. The second-order valence-electron chi connectivity index (χ2n) is 3.15. The predicted octanol–water partition coefficient (Wildman–Crippen LogP) is 1.24. The topological polar surface area (TPSA) is 17.0 Å². The van der Waals surface area contributed by atoms with Crippen LogP contribution in [0.3, 0.4) is 0 Å². The van der Waals surface area contributed by atoms with Crippen LogP contribution in [0.1, 0.15) is 12.8 Å². The first-order valence-electron chi connectivity index (χ1n) is 4.29. The van der Waals surface area contributed by atoms with Gasteiger partial charge in [0.25, 0.3) is 0 Å². The fourth-order valence-electron chi connectivity index (χ4n) is 1.20. The molecule has 0 spiro atoms. The number of nitrogens with zero attached hydrogens (tertiary/aromatic N) is 1. The van der Waals surface area contributed by atoms with E-state index in [2.05, 4.69) is 34.4 Å². The first-order valence-corrected chi connectivity index (χ1v) is 4.29. The molecule has 0 bridgehead atoms. The van der Waals surface area contributed by atoms with E-state index in [1.54, 1.807) is 0 Å². The van der Waals surface area contributed by atoms with Crippen molar-refractivity contribution in [2.45, 2.75) is 25.4 Å². The molecule has 1 aromatic rings. The maximum Gasteiger partial charge on any atom is 0.0344 e. The van der Waals surface area contributed by atoms with Crippen LogP contribution in [0.2, 0.25) is 0 Å². The van der Waals surface area contributed by atoms with Crippen LogP contribution < -0.4 is 5.32 Å². The maximum atomic E-state index is 3.47. The Morgan fingerprint density at radius 3 is 2.64 bits per heavy atom. The Balaban J connectivity index is 1.66. The Morgan fingerprint density at radius 2 is 2.00 bits per heavy atom. The highest BCUT2D eigenvalue weighted by atomic mass is 15.0. The SMILES string of the molecule is c1ccn(CCNC2CC2)c1. The molecule has 1 fully saturated rings. The molecule has 11 heavy (non-hydrogen) atoms. The molecule has 2 nitrogen and oxygen atoms in total. The molecule has 0 amide bonds. The van der Waals surface area contributed by atoms with Gasteiger partial charge < -0.3 is 9.88 Å². The molecule has 0 radical (unpaired) electrons. The molecule has 1 aliphatic rings. The lowest BCUT2D eigenvalue weighted by Gasteiger charge is -2.02. The summed E-state index contributed by atoms with van der Waals surface area (Å²) in [5.74, 6) is 0. The third kappa shape index (κ3) is 2.09. The van der Waals surface area contributed by atoms with Gasteiger partial charge in [-0.2, -0.15) is 0 Å². The number of nitrogens with one attached hydrogen (secondary N) is 1. The van der Waals surface area contributed by atoms with Gasteiger partial charge in [0.2, 0.25) is 0 Å². The lowest BCUT2D eigenvalue weighted by atomic mass is 10.5. The molecule has 1 aliphatic carbocycles. The van der Waals surface area contributed by atoms with Gasteiger partial charge in [-0.15, -0.1) is 0 Å². The lowest BCUT2D eigenvalue weighted by Crippen LogP contribution is -2.21. The van der Waals surface area contributed by atoms with Crippen LogP contribution in [0.5, 0.6) is 0 Å². The van der Waals surface area contributed by atoms with Gasteiger partial charge in [0.15, 0.2) is 0 Å². The first-order chi connectivity index (χ1) is 5.45. The van der Waals surface area contributed by atoms with Crippen molar-refractivity contribution in [2.24, 2.45) is 0 Å². The van der Waals surface area contributed by atoms with Crippen LogP contribution in [0, 0.1) is 0 Å². The molecule has 1 N–H and O–H groups in total. The van der Waals surface area contributed by atoms with E-state index in [9.17, 15) is 0 Å². The lowest BCUT2D eigenvalue weighted by molar-refractivity contribution is 0.597. The van der Waals surface area contributed by atoms with Crippen molar-refractivity contribution in [3.05, 3.63) is 24.5 Å². The molecule has 0 aliphatic heterocycles. The summed E-state index contributed by atoms with van der Waals surface area (Å²) in [7, 11) is 0. The van der Waals surface area contributed by atoms with Gasteiger partial charge in [-0.1, -0.05) is 0 Å². The summed E-state index contributed by atoms with van der Waals surface area (Å²) in [6.45, 7) is 2.21. The van der Waals surface area contributed by atoms with Crippen molar-refractivity contribution in [3.63, 3.8) is 0 Å². The van der Waals surface area contributed by atoms with Crippen molar-refractivity contribution in [2.75, 3.05) is 6.54 Å². The van der Waals surface area contributed by atoms with Crippen molar-refractivity contribution in [3.8, 4) is 0 Å². The Kier molecular flexibility index (Phi) is 1.95. The summed E-state index contributed by atoms with van der Waals surface area (Å²) in [5, 5.41) is 3.47. The Labute approximate surface area is 67.2 Å². The number of rotatable bonds is 4. The number of hydrogen-bond acceptors (Lipinski definition) is 1. The molecule has 1 saturated carbocycles. The molecular weight excluding hydrogens is 136 g/mol. The molecule has 2 heteroatoms. The van der Waals surface area contributed by atoms with E-state index in [0.717, 1.165) is 19.1 Å². The number of aromatic nitrogens is 1. The van der Waals surface area contributed by atoms with E-state index in [1.165, 1.54) is 12.8 Å². The van der Waals surface area contributed by atoms with Crippen molar-refractivity contribution < 1.29 is 0 Å². The monoisotopic (exact) mass is 150 g/mol. The molecule has 0 atom stereocenters. The molecule has 0 saturated heterocycles. The molecule has 2 rings (SSSR count). The van der Waals surface area contributed by atoms with Crippen molar-refractivity contribution in [1.82, 2.24) is 9.88 Å². The van der Waals surface area contributed by atoms with Crippen molar-refractivity contribution >= 4 is 0 Å². The average Bonchev–Trinajstić information content (AvgIpc) is 2.66. The van der Waals surface area contributed by atoms with Crippen LogP contribution in [-0.2, 0) is 6.54 Å². The van der Waals surface area contributed by atoms with Crippen LogP contribution in [0.15, 0.2) is 24.5 Å². The summed E-state index contributed by atoms with van der Waals surface area (Å²) in [6, 6.07) is 4.97. The van der Waals surface area contributed by atoms with Crippen LogP contribution in [-0.4, -0.2) is 17.2 Å². The van der Waals surface area contributed by atoms with E-state index in [4.69, 9.17) is 0 Å². The minimum Gasteiger partial charge on any atom is -0.353 e. The van der Waals surface area contributed by atoms with Crippen LogP contribution >= 0.6 is 0 Å². The quantitative estimate of drug-likeness (QED) is 0.683. The standard InChI is InChI=1S/C9H14N2/c1-2-7-11(6-1)8-5-10-9-3-4-9/h1-2,6-7,9-10H,3-5,8H2. The smallest absolute Gasteiger partial charge is 0.0344 e. The highest BCUT2D eigenvalue weighted by molar-refractivity contribution is 4.90. The largest absolute Gasteiger partial charge is 0.353 e. The first kappa shape index (κ1) is 6.92. The Bertz CT molecular complexity index is 199. The molecule has 1 heterocycles. The summed E-state index contributed by atoms with van der Waals surface area (Å²) < 4.78 is 2.20. The predicted molar refractivity (Wildman–Crippen MR) is 45.5 cm³/mol. The number of hydrogen-bond donors (Lipinski definition) is 1.